The lowest BCUT2D eigenvalue weighted by Crippen LogP contribution is -2.35. The van der Waals surface area contributed by atoms with E-state index in [0.717, 1.165) is 0 Å². The van der Waals surface area contributed by atoms with Crippen LogP contribution < -0.4 is 10.6 Å². The number of benzene rings is 1. The molecule has 1 fully saturated rings. The van der Waals surface area contributed by atoms with Crippen molar-refractivity contribution in [3.63, 3.8) is 0 Å². The van der Waals surface area contributed by atoms with Crippen LogP contribution in [0.25, 0.3) is 11.0 Å². The van der Waals surface area contributed by atoms with Gasteiger partial charge >= 0.3 is 0 Å². The number of aromatic nitrogens is 1. The Hall–Kier alpha value is -3.96. The van der Waals surface area contributed by atoms with Crippen molar-refractivity contribution in [1.29, 1.82) is 0 Å². The van der Waals surface area contributed by atoms with E-state index in [2.05, 4.69) is 15.6 Å². The van der Waals surface area contributed by atoms with Gasteiger partial charge in [-0.15, -0.1) is 0 Å². The van der Waals surface area contributed by atoms with Crippen molar-refractivity contribution in [1.82, 2.24) is 14.8 Å². The van der Waals surface area contributed by atoms with Gasteiger partial charge in [-0.1, -0.05) is 17.7 Å². The third-order valence-corrected chi connectivity index (χ3v) is 7.60. The maximum Gasteiger partial charge on any atom is 0.294 e. The third kappa shape index (κ3) is 7.08. The number of halogens is 1. The molecule has 0 saturated heterocycles. The number of fused-ring (bicyclic) bond motifs is 1. The minimum absolute atomic E-state index is 0.0565. The van der Waals surface area contributed by atoms with Gasteiger partial charge in [-0.25, -0.2) is 4.98 Å². The second-order valence-corrected chi connectivity index (χ2v) is 10.9. The highest BCUT2D eigenvalue weighted by atomic mass is 35.5. The van der Waals surface area contributed by atoms with Crippen molar-refractivity contribution in [2.75, 3.05) is 51.5 Å². The Morgan fingerprint density at radius 3 is 2.38 bits per heavy atom. The highest BCUT2D eigenvalue weighted by molar-refractivity contribution is 6.30. The Labute approximate surface area is 249 Å². The van der Waals surface area contributed by atoms with Crippen LogP contribution in [0.3, 0.4) is 0 Å². The zero-order chi connectivity index (χ0) is 30.4. The topological polar surface area (TPSA) is 134 Å². The van der Waals surface area contributed by atoms with Crippen molar-refractivity contribution in [2.45, 2.75) is 32.6 Å². The molecule has 0 aliphatic heterocycles. The molecule has 2 aromatic heterocycles. The van der Waals surface area contributed by atoms with E-state index in [1.807, 2.05) is 6.92 Å². The molecule has 4 rings (SSSR count). The maximum atomic E-state index is 13.6. The van der Waals surface area contributed by atoms with E-state index in [0.29, 0.717) is 55.9 Å². The molecule has 1 aromatic carbocycles. The number of likely N-dealkylation sites (N-methyl/N-ethyl adjacent to an activating group) is 1. The molecule has 1 aliphatic carbocycles. The lowest BCUT2D eigenvalue weighted by molar-refractivity contribution is -0.135. The zero-order valence-corrected chi connectivity index (χ0v) is 25.0. The lowest BCUT2D eigenvalue weighted by Gasteiger charge is -2.28. The van der Waals surface area contributed by atoms with Crippen LogP contribution in [-0.4, -0.2) is 79.3 Å². The van der Waals surface area contributed by atoms with Gasteiger partial charge in [0.05, 0.1) is 22.6 Å². The molecular weight excluding hydrogens is 562 g/mol. The Kier molecular flexibility index (Phi) is 10.2. The van der Waals surface area contributed by atoms with Crippen LogP contribution in [0.1, 0.15) is 53.5 Å². The average molecular weight is 598 g/mol. The standard InChI is InChI=1S/C30H36ClN5O6/c1-5-41-16-15-36(4)30(40)21-7-6-8-22-24(21)25(26(42-22)28(38)33-23-14-13-20(31)17-32-23)34-27(37)18-9-11-19(12-10-18)29(39)35(2)3/h6-8,13-14,17-19H,5,9-12,15-16H2,1-4H3,(H,34,37)(H,32,33,38). The first kappa shape index (κ1) is 31.0. The highest BCUT2D eigenvalue weighted by Gasteiger charge is 2.33. The van der Waals surface area contributed by atoms with Gasteiger partial charge < -0.3 is 29.6 Å². The molecule has 2 N–H and O–H groups in total. The largest absolute Gasteiger partial charge is 0.449 e. The molecular formula is C30H36ClN5O6. The predicted molar refractivity (Wildman–Crippen MR) is 160 cm³/mol. The molecule has 4 amide bonds. The van der Waals surface area contributed by atoms with Crippen molar-refractivity contribution >= 4 is 57.7 Å². The van der Waals surface area contributed by atoms with E-state index in [-0.39, 0.29) is 58.0 Å². The molecule has 0 atom stereocenters. The number of carbonyl (C=O) groups excluding carboxylic acids is 4. The monoisotopic (exact) mass is 597 g/mol. The lowest BCUT2D eigenvalue weighted by atomic mass is 9.81. The molecule has 1 aliphatic rings. The van der Waals surface area contributed by atoms with Crippen molar-refractivity contribution in [2.24, 2.45) is 11.8 Å². The van der Waals surface area contributed by atoms with Gasteiger partial charge in [-0.05, 0) is 56.9 Å². The quantitative estimate of drug-likeness (QED) is 0.324. The summed E-state index contributed by atoms with van der Waals surface area (Å²) >= 11 is 5.92. The fourth-order valence-corrected chi connectivity index (χ4v) is 5.19. The number of rotatable bonds is 10. The molecule has 1 saturated carbocycles. The van der Waals surface area contributed by atoms with Crippen LogP contribution in [-0.2, 0) is 14.3 Å². The highest BCUT2D eigenvalue weighted by Crippen LogP contribution is 2.37. The third-order valence-electron chi connectivity index (χ3n) is 7.38. The molecule has 11 nitrogen and oxygen atoms in total. The Balaban J connectivity index is 1.67. The number of furan rings is 1. The van der Waals surface area contributed by atoms with E-state index in [9.17, 15) is 19.2 Å². The summed E-state index contributed by atoms with van der Waals surface area (Å²) in [6.45, 7) is 3.13. The number of pyridine rings is 1. The fraction of sp³-hybridized carbons (Fsp3) is 0.433. The van der Waals surface area contributed by atoms with Crippen LogP contribution in [0.4, 0.5) is 11.5 Å². The molecule has 0 unspecified atom stereocenters. The first-order chi connectivity index (χ1) is 20.1. The van der Waals surface area contributed by atoms with Gasteiger partial charge in [-0.2, -0.15) is 0 Å². The number of ether oxygens (including phenoxy) is 1. The minimum atomic E-state index is -0.653. The first-order valence-electron chi connectivity index (χ1n) is 13.9. The summed E-state index contributed by atoms with van der Waals surface area (Å²) < 4.78 is 11.4. The molecule has 42 heavy (non-hydrogen) atoms. The summed E-state index contributed by atoms with van der Waals surface area (Å²) in [5, 5.41) is 6.30. The first-order valence-corrected chi connectivity index (χ1v) is 14.3. The van der Waals surface area contributed by atoms with Crippen LogP contribution in [0, 0.1) is 11.8 Å². The molecule has 0 spiro atoms. The summed E-state index contributed by atoms with van der Waals surface area (Å²) in [7, 11) is 5.11. The van der Waals surface area contributed by atoms with E-state index >= 15 is 0 Å². The molecule has 0 radical (unpaired) electrons. The average Bonchev–Trinajstić information content (AvgIpc) is 3.36. The zero-order valence-electron chi connectivity index (χ0n) is 24.2. The number of hydrogen-bond acceptors (Lipinski definition) is 7. The van der Waals surface area contributed by atoms with E-state index < -0.39 is 5.91 Å². The summed E-state index contributed by atoms with van der Waals surface area (Å²) in [6, 6.07) is 8.05. The van der Waals surface area contributed by atoms with Gasteiger partial charge in [0, 0.05) is 52.3 Å². The maximum absolute atomic E-state index is 13.6. The van der Waals surface area contributed by atoms with Crippen molar-refractivity contribution in [3.8, 4) is 0 Å². The smallest absolute Gasteiger partial charge is 0.294 e. The van der Waals surface area contributed by atoms with Crippen LogP contribution >= 0.6 is 11.6 Å². The number of amides is 4. The Bertz CT molecular complexity index is 1450. The van der Waals surface area contributed by atoms with Gasteiger partial charge in [-0.3, -0.25) is 19.2 Å². The second-order valence-electron chi connectivity index (χ2n) is 10.5. The molecule has 12 heteroatoms. The number of hydrogen-bond donors (Lipinski definition) is 2. The van der Waals surface area contributed by atoms with Gasteiger partial charge in [0.1, 0.15) is 17.1 Å². The minimum Gasteiger partial charge on any atom is -0.449 e. The molecule has 0 bridgehead atoms. The summed E-state index contributed by atoms with van der Waals surface area (Å²) in [5.41, 5.74) is 0.647. The van der Waals surface area contributed by atoms with Gasteiger partial charge in [0.2, 0.25) is 17.6 Å². The van der Waals surface area contributed by atoms with Gasteiger partial charge in [0.15, 0.2) is 0 Å². The Morgan fingerprint density at radius 2 is 1.74 bits per heavy atom. The van der Waals surface area contributed by atoms with Crippen molar-refractivity contribution < 1.29 is 28.3 Å². The van der Waals surface area contributed by atoms with Gasteiger partial charge in [0.25, 0.3) is 11.8 Å². The normalized spacial score (nSPS) is 16.6. The summed E-state index contributed by atoms with van der Waals surface area (Å²) in [4.78, 5) is 60.1. The van der Waals surface area contributed by atoms with E-state index in [1.165, 1.54) is 17.2 Å². The SMILES string of the molecule is CCOCCN(C)C(=O)c1cccc2oc(C(=O)Nc3ccc(Cl)cn3)c(NC(=O)C3CCC(C(=O)N(C)C)CC3)c12. The Morgan fingerprint density at radius 1 is 1.02 bits per heavy atom. The van der Waals surface area contributed by atoms with Crippen LogP contribution in [0.15, 0.2) is 40.9 Å². The fourth-order valence-electron chi connectivity index (χ4n) is 5.07. The summed E-state index contributed by atoms with van der Waals surface area (Å²) in [5.74, 6) is -1.64. The predicted octanol–water partition coefficient (Wildman–Crippen LogP) is 4.68. The van der Waals surface area contributed by atoms with Crippen molar-refractivity contribution in [3.05, 3.63) is 52.9 Å². The molecule has 224 valence electrons. The van der Waals surface area contributed by atoms with E-state index in [4.69, 9.17) is 20.8 Å². The second kappa shape index (κ2) is 13.8. The molecule has 3 aromatic rings. The number of anilines is 2. The number of nitrogens with zero attached hydrogens (tertiary/aromatic N) is 3. The van der Waals surface area contributed by atoms with Crippen LogP contribution in [0.5, 0.6) is 0 Å². The van der Waals surface area contributed by atoms with Crippen LogP contribution in [0.2, 0.25) is 5.02 Å². The summed E-state index contributed by atoms with van der Waals surface area (Å²) in [6.07, 6.45) is 3.61. The van der Waals surface area contributed by atoms with E-state index in [1.54, 1.807) is 50.3 Å². The number of nitrogens with one attached hydrogen (secondary N) is 2. The molecule has 2 heterocycles. The number of carbonyl (C=O) groups is 4.